The number of hydrogen-bond donors (Lipinski definition) is 2. The van der Waals surface area contributed by atoms with Gasteiger partial charge in [0.15, 0.2) is 0 Å². The predicted octanol–water partition coefficient (Wildman–Crippen LogP) is 1.11. The summed E-state index contributed by atoms with van der Waals surface area (Å²) in [6, 6.07) is 0.0765. The van der Waals surface area contributed by atoms with Gasteiger partial charge in [0.2, 0.25) is 5.91 Å². The van der Waals surface area contributed by atoms with Gasteiger partial charge < -0.3 is 10.4 Å². The van der Waals surface area contributed by atoms with Crippen molar-refractivity contribution in [2.45, 2.75) is 37.5 Å². The Kier molecular flexibility index (Phi) is 4.45. The van der Waals surface area contributed by atoms with Crippen molar-refractivity contribution in [3.05, 3.63) is 0 Å². The smallest absolute Gasteiger partial charge is 0.306 e. The Bertz CT molecular complexity index is 251. The van der Waals surface area contributed by atoms with Gasteiger partial charge in [0.25, 0.3) is 0 Å². The number of amides is 1. The Morgan fingerprint density at radius 2 is 2.13 bits per heavy atom. The van der Waals surface area contributed by atoms with Crippen molar-refractivity contribution in [3.8, 4) is 0 Å². The van der Waals surface area contributed by atoms with Gasteiger partial charge in [-0.15, -0.1) is 0 Å². The van der Waals surface area contributed by atoms with Crippen molar-refractivity contribution in [2.75, 3.05) is 6.26 Å². The molecule has 0 saturated heterocycles. The molecule has 0 aromatic heterocycles. The Labute approximate surface area is 93.8 Å². The molecule has 0 heterocycles. The van der Waals surface area contributed by atoms with E-state index in [1.165, 1.54) is 0 Å². The molecule has 0 spiro atoms. The molecule has 86 valence electrons. The molecule has 1 atom stereocenters. The first kappa shape index (κ1) is 12.4. The fourth-order valence-corrected chi connectivity index (χ4v) is 1.89. The van der Waals surface area contributed by atoms with Crippen molar-refractivity contribution in [3.63, 3.8) is 0 Å². The maximum atomic E-state index is 11.4. The molecule has 1 aliphatic carbocycles. The molecular formula is C10H17NO3S. The lowest BCUT2D eigenvalue weighted by molar-refractivity contribution is -0.146. The number of carbonyl (C=O) groups is 2. The highest BCUT2D eigenvalue weighted by Gasteiger charge is 2.35. The van der Waals surface area contributed by atoms with Crippen molar-refractivity contribution in [2.24, 2.45) is 5.92 Å². The van der Waals surface area contributed by atoms with Crippen LogP contribution in [0.3, 0.4) is 0 Å². The van der Waals surface area contributed by atoms with E-state index in [9.17, 15) is 9.59 Å². The lowest BCUT2D eigenvalue weighted by Gasteiger charge is -2.33. The third kappa shape index (κ3) is 3.74. The molecular weight excluding hydrogens is 214 g/mol. The summed E-state index contributed by atoms with van der Waals surface area (Å²) in [6.07, 6.45) is 3.64. The lowest BCUT2D eigenvalue weighted by atomic mass is 9.80. The van der Waals surface area contributed by atoms with Crippen molar-refractivity contribution < 1.29 is 14.7 Å². The van der Waals surface area contributed by atoms with Gasteiger partial charge in [-0.3, -0.25) is 9.59 Å². The fourth-order valence-electron chi connectivity index (χ4n) is 1.57. The van der Waals surface area contributed by atoms with Crippen LogP contribution in [0.4, 0.5) is 0 Å². The van der Waals surface area contributed by atoms with E-state index in [1.807, 2.05) is 13.2 Å². The summed E-state index contributed by atoms with van der Waals surface area (Å²) in [5.41, 5.74) is 0. The van der Waals surface area contributed by atoms with Gasteiger partial charge in [0.1, 0.15) is 0 Å². The first-order valence-electron chi connectivity index (χ1n) is 5.08. The number of thioether (sulfide) groups is 1. The van der Waals surface area contributed by atoms with Gasteiger partial charge in [-0.2, -0.15) is 11.8 Å². The lowest BCUT2D eigenvalue weighted by Crippen LogP contribution is -2.47. The highest BCUT2D eigenvalue weighted by Crippen LogP contribution is 2.27. The first-order valence-corrected chi connectivity index (χ1v) is 6.36. The van der Waals surface area contributed by atoms with Crippen molar-refractivity contribution in [1.82, 2.24) is 5.32 Å². The third-order valence-electron chi connectivity index (χ3n) is 2.73. The van der Waals surface area contributed by atoms with Gasteiger partial charge in [-0.25, -0.2) is 0 Å². The molecule has 0 aromatic rings. The van der Waals surface area contributed by atoms with Crippen molar-refractivity contribution >= 4 is 23.6 Å². The highest BCUT2D eigenvalue weighted by atomic mass is 32.2. The van der Waals surface area contributed by atoms with Crippen molar-refractivity contribution in [1.29, 1.82) is 0 Å². The van der Waals surface area contributed by atoms with E-state index < -0.39 is 5.97 Å². The average Bonchev–Trinajstić information content (AvgIpc) is 2.09. The molecule has 1 fully saturated rings. The maximum absolute atomic E-state index is 11.4. The molecule has 0 aliphatic heterocycles. The van der Waals surface area contributed by atoms with E-state index in [-0.39, 0.29) is 17.9 Å². The molecule has 0 bridgehead atoms. The Morgan fingerprint density at radius 1 is 1.53 bits per heavy atom. The molecule has 0 radical (unpaired) electrons. The molecule has 1 aliphatic rings. The zero-order chi connectivity index (χ0) is 11.4. The summed E-state index contributed by atoms with van der Waals surface area (Å²) < 4.78 is 0. The van der Waals surface area contributed by atoms with Gasteiger partial charge in [-0.05, 0) is 19.1 Å². The van der Waals surface area contributed by atoms with E-state index in [1.54, 1.807) is 11.8 Å². The van der Waals surface area contributed by atoms with E-state index in [0.29, 0.717) is 24.5 Å². The number of carboxylic acid groups (broad SMARTS) is 1. The van der Waals surface area contributed by atoms with Crippen LogP contribution in [0.1, 0.15) is 26.2 Å². The average molecular weight is 231 g/mol. The van der Waals surface area contributed by atoms with Gasteiger partial charge >= 0.3 is 5.97 Å². The van der Waals surface area contributed by atoms with Crippen LogP contribution < -0.4 is 5.32 Å². The van der Waals surface area contributed by atoms with Crippen LogP contribution in [-0.2, 0) is 9.59 Å². The topological polar surface area (TPSA) is 66.4 Å². The normalized spacial score (nSPS) is 26.5. The Balaban J connectivity index is 2.16. The Hall–Kier alpha value is -0.710. The largest absolute Gasteiger partial charge is 0.481 e. The zero-order valence-corrected chi connectivity index (χ0v) is 9.84. The second-order valence-electron chi connectivity index (χ2n) is 4.02. The number of carbonyl (C=O) groups excluding carboxylic acids is 1. The Morgan fingerprint density at radius 3 is 2.60 bits per heavy atom. The quantitative estimate of drug-likeness (QED) is 0.743. The second kappa shape index (κ2) is 5.39. The van der Waals surface area contributed by atoms with Crippen LogP contribution in [0.5, 0.6) is 0 Å². The molecule has 1 amide bonds. The standard InChI is InChI=1S/C10H17NO3S/c1-6(15-2)3-9(12)11-8-4-7(5-8)10(13)14/h6-8H,3-5H2,1-2H3,(H,11,12)(H,13,14). The molecule has 5 heteroatoms. The summed E-state index contributed by atoms with van der Waals surface area (Å²) in [4.78, 5) is 21.9. The summed E-state index contributed by atoms with van der Waals surface area (Å²) in [5.74, 6) is -0.975. The van der Waals surface area contributed by atoms with E-state index in [0.717, 1.165) is 0 Å². The van der Waals surface area contributed by atoms with Crippen LogP contribution >= 0.6 is 11.8 Å². The van der Waals surface area contributed by atoms with Gasteiger partial charge in [0.05, 0.1) is 5.92 Å². The van der Waals surface area contributed by atoms with Crippen LogP contribution in [0.2, 0.25) is 0 Å². The molecule has 4 nitrogen and oxygen atoms in total. The van der Waals surface area contributed by atoms with E-state index in [4.69, 9.17) is 5.11 Å². The van der Waals surface area contributed by atoms with Crippen LogP contribution in [0.15, 0.2) is 0 Å². The molecule has 2 N–H and O–H groups in total. The van der Waals surface area contributed by atoms with E-state index >= 15 is 0 Å². The minimum absolute atomic E-state index is 0.0330. The predicted molar refractivity (Wildman–Crippen MR) is 59.9 cm³/mol. The van der Waals surface area contributed by atoms with Crippen LogP contribution in [-0.4, -0.2) is 34.5 Å². The SMILES string of the molecule is CSC(C)CC(=O)NC1CC(C(=O)O)C1. The number of nitrogens with one attached hydrogen (secondary N) is 1. The van der Waals surface area contributed by atoms with Crippen LogP contribution in [0, 0.1) is 5.92 Å². The monoisotopic (exact) mass is 231 g/mol. The fraction of sp³-hybridized carbons (Fsp3) is 0.800. The maximum Gasteiger partial charge on any atom is 0.306 e. The molecule has 0 aromatic carbocycles. The molecule has 15 heavy (non-hydrogen) atoms. The number of carboxylic acids is 1. The zero-order valence-electron chi connectivity index (χ0n) is 9.03. The molecule has 1 unspecified atom stereocenters. The number of aliphatic carboxylic acids is 1. The molecule has 1 rings (SSSR count). The van der Waals surface area contributed by atoms with Crippen LogP contribution in [0.25, 0.3) is 0 Å². The first-order chi connectivity index (χ1) is 7.02. The molecule has 1 saturated carbocycles. The highest BCUT2D eigenvalue weighted by molar-refractivity contribution is 7.99. The minimum Gasteiger partial charge on any atom is -0.481 e. The summed E-state index contributed by atoms with van der Waals surface area (Å²) >= 11 is 1.66. The summed E-state index contributed by atoms with van der Waals surface area (Å²) in [5, 5.41) is 11.8. The van der Waals surface area contributed by atoms with Gasteiger partial charge in [0, 0.05) is 17.7 Å². The summed E-state index contributed by atoms with van der Waals surface area (Å²) in [6.45, 7) is 2.01. The van der Waals surface area contributed by atoms with E-state index in [2.05, 4.69) is 5.32 Å². The third-order valence-corrected chi connectivity index (χ3v) is 3.70. The summed E-state index contributed by atoms with van der Waals surface area (Å²) in [7, 11) is 0. The van der Waals surface area contributed by atoms with Gasteiger partial charge in [-0.1, -0.05) is 6.92 Å². The minimum atomic E-state index is -0.752. The number of hydrogen-bond acceptors (Lipinski definition) is 3. The number of rotatable bonds is 5. The second-order valence-corrected chi connectivity index (χ2v) is 5.30.